The van der Waals surface area contributed by atoms with Gasteiger partial charge in [0.1, 0.15) is 8.24 Å². The number of rotatable bonds is 4. The quantitative estimate of drug-likeness (QED) is 0.587. The second kappa shape index (κ2) is 5.93. The van der Waals surface area contributed by atoms with Crippen LogP contribution in [0.1, 0.15) is 27.7 Å². The summed E-state index contributed by atoms with van der Waals surface area (Å²) in [5.41, 5.74) is 0. The Hall–Kier alpha value is -0.393. The number of hydrogen-bond donors (Lipinski definition) is 0. The van der Waals surface area contributed by atoms with Crippen molar-refractivity contribution < 1.29 is 9.53 Å². The molecule has 0 aromatic carbocycles. The molecule has 0 amide bonds. The molecule has 19 heavy (non-hydrogen) atoms. The van der Waals surface area contributed by atoms with E-state index in [-0.39, 0.29) is 11.9 Å². The predicted molar refractivity (Wildman–Crippen MR) is 81.5 cm³/mol. The second-order valence-electron chi connectivity index (χ2n) is 7.22. The van der Waals surface area contributed by atoms with E-state index in [0.29, 0.717) is 5.04 Å². The summed E-state index contributed by atoms with van der Waals surface area (Å²) in [5.74, 6) is -0.143. The van der Waals surface area contributed by atoms with Crippen LogP contribution in [0, 0.1) is 5.92 Å². The van der Waals surface area contributed by atoms with Gasteiger partial charge in [-0.2, -0.15) is 0 Å². The van der Waals surface area contributed by atoms with Crippen molar-refractivity contribution >= 4 is 14.2 Å². The molecule has 1 aliphatic heterocycles. The van der Waals surface area contributed by atoms with Crippen LogP contribution in [0.3, 0.4) is 0 Å². The largest absolute Gasteiger partial charge is 0.469 e. The third-order valence-corrected chi connectivity index (χ3v) is 10.4. The lowest BCUT2D eigenvalue weighted by Gasteiger charge is -2.44. The first kappa shape index (κ1) is 16.7. The topological polar surface area (TPSA) is 32.8 Å². The molecule has 5 heteroatoms. The third-order valence-electron chi connectivity index (χ3n) is 4.82. The van der Waals surface area contributed by atoms with E-state index in [1.807, 2.05) is 6.92 Å². The lowest BCUT2D eigenvalue weighted by Crippen LogP contribution is -2.54. The summed E-state index contributed by atoms with van der Waals surface area (Å²) in [4.78, 5) is 13.9. The van der Waals surface area contributed by atoms with Gasteiger partial charge in [0.2, 0.25) is 0 Å². The van der Waals surface area contributed by atoms with Crippen LogP contribution in [-0.2, 0) is 9.53 Å². The number of ether oxygens (including phenoxy) is 1. The van der Waals surface area contributed by atoms with Gasteiger partial charge in [-0.3, -0.25) is 9.69 Å². The van der Waals surface area contributed by atoms with Gasteiger partial charge < -0.3 is 9.30 Å². The lowest BCUT2D eigenvalue weighted by molar-refractivity contribution is -0.145. The molecule has 1 saturated heterocycles. The first-order valence-corrected chi connectivity index (χ1v) is 10.1. The van der Waals surface area contributed by atoms with Gasteiger partial charge >= 0.3 is 5.97 Å². The van der Waals surface area contributed by atoms with Gasteiger partial charge in [-0.15, -0.1) is 0 Å². The number of nitrogens with zero attached hydrogens (tertiary/aromatic N) is 2. The van der Waals surface area contributed by atoms with Crippen molar-refractivity contribution in [2.75, 3.05) is 33.4 Å². The molecule has 0 bridgehead atoms. The van der Waals surface area contributed by atoms with E-state index >= 15 is 0 Å². The van der Waals surface area contributed by atoms with Crippen molar-refractivity contribution in [1.82, 2.24) is 9.47 Å². The van der Waals surface area contributed by atoms with Crippen LogP contribution in [0.15, 0.2) is 0 Å². The Bertz CT molecular complexity index is 326. The Morgan fingerprint density at radius 3 is 2.37 bits per heavy atom. The van der Waals surface area contributed by atoms with Gasteiger partial charge in [0, 0.05) is 26.3 Å². The zero-order valence-corrected chi connectivity index (χ0v) is 14.6. The lowest BCUT2D eigenvalue weighted by atomic mass is 10.2. The molecule has 4 nitrogen and oxygen atoms in total. The molecule has 0 radical (unpaired) electrons. The first-order valence-electron chi connectivity index (χ1n) is 7.15. The predicted octanol–water partition coefficient (Wildman–Crippen LogP) is 2.38. The molecule has 1 heterocycles. The van der Waals surface area contributed by atoms with Gasteiger partial charge in [-0.1, -0.05) is 40.8 Å². The van der Waals surface area contributed by atoms with Crippen LogP contribution in [0.25, 0.3) is 0 Å². The molecule has 0 aliphatic carbocycles. The summed E-state index contributed by atoms with van der Waals surface area (Å²) in [7, 11) is 0.0384. The van der Waals surface area contributed by atoms with Gasteiger partial charge in [0.25, 0.3) is 0 Å². The molecular weight excluding hydrogens is 256 g/mol. The monoisotopic (exact) mass is 286 g/mol. The average Bonchev–Trinajstić information content (AvgIpc) is 2.75. The Morgan fingerprint density at radius 1 is 1.32 bits per heavy atom. The maximum atomic E-state index is 11.5. The van der Waals surface area contributed by atoms with Crippen LogP contribution in [-0.4, -0.2) is 57.1 Å². The SMILES string of the molecule is COC(=O)C(C)CN1CCN([Si](C)(C)C(C)(C)C)C1. The molecule has 0 aromatic heterocycles. The van der Waals surface area contributed by atoms with Gasteiger partial charge in [0.05, 0.1) is 13.0 Å². The van der Waals surface area contributed by atoms with Gasteiger partial charge in [-0.05, 0) is 5.04 Å². The van der Waals surface area contributed by atoms with Crippen LogP contribution >= 0.6 is 0 Å². The van der Waals surface area contributed by atoms with Crippen molar-refractivity contribution in [2.45, 2.75) is 45.8 Å². The number of hydrogen-bond acceptors (Lipinski definition) is 4. The number of carbonyl (C=O) groups is 1. The summed E-state index contributed by atoms with van der Waals surface area (Å²) in [6, 6.07) is 0. The molecule has 1 rings (SSSR count). The zero-order chi connectivity index (χ0) is 14.8. The highest BCUT2D eigenvalue weighted by Gasteiger charge is 2.43. The van der Waals surface area contributed by atoms with Crippen LogP contribution in [0.2, 0.25) is 18.1 Å². The summed E-state index contributed by atoms with van der Waals surface area (Å²) < 4.78 is 7.45. The molecule has 0 saturated carbocycles. The number of methoxy groups -OCH3 is 1. The molecule has 112 valence electrons. The fourth-order valence-corrected chi connectivity index (χ4v) is 4.55. The van der Waals surface area contributed by atoms with Crippen LogP contribution < -0.4 is 0 Å². The van der Waals surface area contributed by atoms with E-state index < -0.39 is 8.24 Å². The highest BCUT2D eigenvalue weighted by molar-refractivity contribution is 6.77. The van der Waals surface area contributed by atoms with Gasteiger partial charge in [-0.25, -0.2) is 0 Å². The standard InChI is InChI=1S/C14H30N2O2Si/c1-12(13(17)18-5)10-15-8-9-16(11-15)19(6,7)14(2,3)4/h12H,8-11H2,1-7H3. The number of esters is 1. The average molecular weight is 286 g/mol. The fourth-order valence-electron chi connectivity index (χ4n) is 2.39. The van der Waals surface area contributed by atoms with E-state index in [4.69, 9.17) is 4.74 Å². The van der Waals surface area contributed by atoms with Crippen molar-refractivity contribution in [2.24, 2.45) is 5.92 Å². The molecule has 1 atom stereocenters. The molecule has 0 N–H and O–H groups in total. The normalized spacial score (nSPS) is 20.6. The van der Waals surface area contributed by atoms with E-state index in [9.17, 15) is 4.79 Å². The fraction of sp³-hybridized carbons (Fsp3) is 0.929. The maximum Gasteiger partial charge on any atom is 0.309 e. The second-order valence-corrected chi connectivity index (χ2v) is 12.5. The van der Waals surface area contributed by atoms with Crippen molar-refractivity contribution in [3.8, 4) is 0 Å². The van der Waals surface area contributed by atoms with E-state index in [1.54, 1.807) is 0 Å². The van der Waals surface area contributed by atoms with Crippen LogP contribution in [0.5, 0.6) is 0 Å². The Balaban J connectivity index is 2.57. The van der Waals surface area contributed by atoms with E-state index in [2.05, 4.69) is 43.3 Å². The molecular formula is C14H30N2O2Si. The summed E-state index contributed by atoms with van der Waals surface area (Å²) in [5, 5.41) is 0.372. The van der Waals surface area contributed by atoms with Crippen molar-refractivity contribution in [3.63, 3.8) is 0 Å². The Morgan fingerprint density at radius 2 is 1.89 bits per heavy atom. The Kier molecular flexibility index (Phi) is 5.20. The molecule has 0 aromatic rings. The maximum absolute atomic E-state index is 11.5. The molecule has 0 spiro atoms. The molecule has 1 aliphatic rings. The zero-order valence-electron chi connectivity index (χ0n) is 13.6. The van der Waals surface area contributed by atoms with Crippen molar-refractivity contribution in [1.29, 1.82) is 0 Å². The summed E-state index contributed by atoms with van der Waals surface area (Å²) in [6.07, 6.45) is 0. The highest BCUT2D eigenvalue weighted by atomic mass is 28.3. The minimum atomic E-state index is -1.42. The summed E-state index contributed by atoms with van der Waals surface area (Å²) >= 11 is 0. The minimum absolute atomic E-state index is 0.0376. The first-order chi connectivity index (χ1) is 8.59. The smallest absolute Gasteiger partial charge is 0.309 e. The van der Waals surface area contributed by atoms with E-state index in [1.165, 1.54) is 7.11 Å². The summed E-state index contributed by atoms with van der Waals surface area (Å²) in [6.45, 7) is 17.9. The molecule has 1 unspecified atom stereocenters. The number of carbonyl (C=O) groups excluding carboxylic acids is 1. The van der Waals surface area contributed by atoms with Crippen LogP contribution in [0.4, 0.5) is 0 Å². The van der Waals surface area contributed by atoms with E-state index in [0.717, 1.165) is 26.3 Å². The molecule has 1 fully saturated rings. The van der Waals surface area contributed by atoms with Gasteiger partial charge in [0.15, 0.2) is 0 Å². The highest BCUT2D eigenvalue weighted by Crippen LogP contribution is 2.39. The third kappa shape index (κ3) is 3.80. The Labute approximate surface area is 119 Å². The minimum Gasteiger partial charge on any atom is -0.469 e. The van der Waals surface area contributed by atoms with Crippen molar-refractivity contribution in [3.05, 3.63) is 0 Å².